The molecular formula is C26H34ClN5O4S. The lowest BCUT2D eigenvalue weighted by molar-refractivity contribution is -0.135. The van der Waals surface area contributed by atoms with Gasteiger partial charge in [0.25, 0.3) is 0 Å². The lowest BCUT2D eigenvalue weighted by Crippen LogP contribution is -2.54. The smallest absolute Gasteiger partial charge is 0.232 e. The monoisotopic (exact) mass is 547 g/mol. The van der Waals surface area contributed by atoms with Crippen LogP contribution in [0.15, 0.2) is 29.4 Å². The number of halogens is 1. The first-order valence-corrected chi connectivity index (χ1v) is 13.8. The first kappa shape index (κ1) is 27.3. The maximum Gasteiger partial charge on any atom is 0.232 e. The van der Waals surface area contributed by atoms with Crippen molar-refractivity contribution < 1.29 is 19.1 Å². The molecule has 1 aliphatic carbocycles. The summed E-state index contributed by atoms with van der Waals surface area (Å²) in [5.41, 5.74) is 1.06. The highest BCUT2D eigenvalue weighted by molar-refractivity contribution is 7.99. The summed E-state index contributed by atoms with van der Waals surface area (Å²) in [5.74, 6) is 2.76. The molecule has 2 aromatic rings. The molecule has 200 valence electrons. The average Bonchev–Trinajstić information content (AvgIpc) is 3.75. The summed E-state index contributed by atoms with van der Waals surface area (Å²) in [5, 5.41) is 0.805. The number of amides is 2. The number of thioether (sulfide) groups is 1. The summed E-state index contributed by atoms with van der Waals surface area (Å²) in [4.78, 5) is 40.1. The third-order valence-electron chi connectivity index (χ3n) is 6.76. The highest BCUT2D eigenvalue weighted by atomic mass is 35.5. The SMILES string of the molecule is COc1ccc(CCN(C)C(=O)CSc2nc(Cl)cc(N3CCN(C(=O)C4CC4)C(C)C3)n2)cc1OC. The fourth-order valence-corrected chi connectivity index (χ4v) is 5.39. The standard InChI is InChI=1S/C26H34ClN5O4S/c1-17-15-31(11-12-32(17)25(34)19-6-7-19)23-14-22(27)28-26(29-23)37-16-24(33)30(2)10-9-18-5-8-20(35-3)21(13-18)36-4/h5,8,13-14,17,19H,6-7,9-12,15-16H2,1-4H3. The summed E-state index contributed by atoms with van der Waals surface area (Å²) in [7, 11) is 5.00. The van der Waals surface area contributed by atoms with Gasteiger partial charge in [-0.3, -0.25) is 9.59 Å². The first-order chi connectivity index (χ1) is 17.8. The number of rotatable bonds is 10. The van der Waals surface area contributed by atoms with Crippen molar-refractivity contribution in [2.24, 2.45) is 5.92 Å². The van der Waals surface area contributed by atoms with E-state index in [2.05, 4.69) is 21.8 Å². The van der Waals surface area contributed by atoms with Crippen LogP contribution in [0.25, 0.3) is 0 Å². The number of benzene rings is 1. The van der Waals surface area contributed by atoms with Crippen molar-refractivity contribution in [3.8, 4) is 11.5 Å². The zero-order valence-corrected chi connectivity index (χ0v) is 23.3. The Hall–Kier alpha value is -2.72. The van der Waals surface area contributed by atoms with Gasteiger partial charge in [0.1, 0.15) is 11.0 Å². The third-order valence-corrected chi connectivity index (χ3v) is 7.78. The average molecular weight is 548 g/mol. The molecule has 2 aliphatic rings. The van der Waals surface area contributed by atoms with Crippen LogP contribution in [-0.2, 0) is 16.0 Å². The van der Waals surface area contributed by atoms with Crippen molar-refractivity contribution in [2.75, 3.05) is 58.1 Å². The molecule has 37 heavy (non-hydrogen) atoms. The molecule has 1 atom stereocenters. The number of ether oxygens (including phenoxy) is 2. The molecule has 4 rings (SSSR count). The van der Waals surface area contributed by atoms with Gasteiger partial charge in [0.05, 0.1) is 20.0 Å². The van der Waals surface area contributed by atoms with Crippen LogP contribution in [0.4, 0.5) is 5.82 Å². The predicted molar refractivity (Wildman–Crippen MR) is 145 cm³/mol. The molecule has 1 saturated heterocycles. The Kier molecular flexibility index (Phi) is 9.02. The van der Waals surface area contributed by atoms with Gasteiger partial charge in [-0.2, -0.15) is 0 Å². The van der Waals surface area contributed by atoms with E-state index in [1.165, 1.54) is 11.8 Å². The third kappa shape index (κ3) is 6.98. The minimum absolute atomic E-state index is 0.0172. The number of likely N-dealkylation sites (N-methyl/N-ethyl adjacent to an activating group) is 1. The summed E-state index contributed by atoms with van der Waals surface area (Å²) in [6.45, 7) is 4.69. The van der Waals surface area contributed by atoms with Crippen LogP contribution in [-0.4, -0.2) is 90.8 Å². The Balaban J connectivity index is 1.29. The molecule has 0 radical (unpaired) electrons. The number of carbonyl (C=O) groups excluding carboxylic acids is 2. The summed E-state index contributed by atoms with van der Waals surface area (Å²) < 4.78 is 10.6. The van der Waals surface area contributed by atoms with E-state index in [1.807, 2.05) is 23.1 Å². The molecule has 1 aromatic carbocycles. The number of nitrogens with zero attached hydrogens (tertiary/aromatic N) is 5. The summed E-state index contributed by atoms with van der Waals surface area (Å²) in [6.07, 6.45) is 2.72. The van der Waals surface area contributed by atoms with E-state index >= 15 is 0 Å². The minimum atomic E-state index is -0.0172. The Bertz CT molecular complexity index is 1130. The van der Waals surface area contributed by atoms with Crippen LogP contribution in [0.1, 0.15) is 25.3 Å². The van der Waals surface area contributed by atoms with Crippen molar-refractivity contribution in [3.63, 3.8) is 0 Å². The number of hydrogen-bond acceptors (Lipinski definition) is 8. The van der Waals surface area contributed by atoms with Crippen molar-refractivity contribution >= 4 is 41.0 Å². The number of piperazine rings is 1. The largest absolute Gasteiger partial charge is 0.493 e. The van der Waals surface area contributed by atoms with Crippen LogP contribution in [0.5, 0.6) is 11.5 Å². The van der Waals surface area contributed by atoms with E-state index in [0.717, 1.165) is 24.2 Å². The lowest BCUT2D eigenvalue weighted by atomic mass is 10.1. The van der Waals surface area contributed by atoms with Gasteiger partial charge < -0.3 is 24.2 Å². The number of carbonyl (C=O) groups is 2. The van der Waals surface area contributed by atoms with Gasteiger partial charge in [0, 0.05) is 51.3 Å². The second kappa shape index (κ2) is 12.2. The Morgan fingerprint density at radius 3 is 2.57 bits per heavy atom. The molecule has 9 nitrogen and oxygen atoms in total. The van der Waals surface area contributed by atoms with Gasteiger partial charge in [0.15, 0.2) is 16.7 Å². The van der Waals surface area contributed by atoms with Crippen molar-refractivity contribution in [1.82, 2.24) is 19.8 Å². The number of methoxy groups -OCH3 is 2. The lowest BCUT2D eigenvalue weighted by Gasteiger charge is -2.40. The summed E-state index contributed by atoms with van der Waals surface area (Å²) >= 11 is 7.58. The maximum atomic E-state index is 12.8. The minimum Gasteiger partial charge on any atom is -0.493 e. The number of aromatic nitrogens is 2. The Morgan fingerprint density at radius 1 is 1.14 bits per heavy atom. The van der Waals surface area contributed by atoms with Gasteiger partial charge in [-0.25, -0.2) is 9.97 Å². The van der Waals surface area contributed by atoms with Crippen LogP contribution in [0.2, 0.25) is 5.15 Å². The molecule has 0 bridgehead atoms. The molecular weight excluding hydrogens is 514 g/mol. The van der Waals surface area contributed by atoms with E-state index in [0.29, 0.717) is 54.4 Å². The highest BCUT2D eigenvalue weighted by Gasteiger charge is 2.37. The molecule has 11 heteroatoms. The van der Waals surface area contributed by atoms with Crippen molar-refractivity contribution in [2.45, 2.75) is 37.4 Å². The van der Waals surface area contributed by atoms with Crippen LogP contribution >= 0.6 is 23.4 Å². The molecule has 2 amide bonds. The van der Waals surface area contributed by atoms with Crippen LogP contribution in [0, 0.1) is 5.92 Å². The topological polar surface area (TPSA) is 88.1 Å². The van der Waals surface area contributed by atoms with Gasteiger partial charge in [-0.1, -0.05) is 29.4 Å². The fourth-order valence-electron chi connectivity index (χ4n) is 4.36. The van der Waals surface area contributed by atoms with E-state index in [9.17, 15) is 9.59 Å². The van der Waals surface area contributed by atoms with Crippen molar-refractivity contribution in [3.05, 3.63) is 35.0 Å². The molecule has 2 fully saturated rings. The first-order valence-electron chi connectivity index (χ1n) is 12.5. The molecule has 1 saturated carbocycles. The van der Waals surface area contributed by atoms with Crippen LogP contribution < -0.4 is 14.4 Å². The fraction of sp³-hybridized carbons (Fsp3) is 0.538. The molecule has 0 N–H and O–H groups in total. The van der Waals surface area contributed by atoms with E-state index in [-0.39, 0.29) is 29.5 Å². The Morgan fingerprint density at radius 2 is 1.89 bits per heavy atom. The van der Waals surface area contributed by atoms with Gasteiger partial charge >= 0.3 is 0 Å². The molecule has 2 heterocycles. The second-order valence-corrected chi connectivity index (χ2v) is 10.8. The Labute approximate surface area is 227 Å². The van der Waals surface area contributed by atoms with Gasteiger partial charge in [0.2, 0.25) is 11.8 Å². The highest BCUT2D eigenvalue weighted by Crippen LogP contribution is 2.33. The summed E-state index contributed by atoms with van der Waals surface area (Å²) in [6, 6.07) is 7.61. The van der Waals surface area contributed by atoms with E-state index < -0.39 is 0 Å². The van der Waals surface area contributed by atoms with E-state index in [1.54, 1.807) is 32.2 Å². The van der Waals surface area contributed by atoms with Crippen molar-refractivity contribution in [1.29, 1.82) is 0 Å². The normalized spacial score (nSPS) is 17.5. The molecule has 0 spiro atoms. The zero-order valence-electron chi connectivity index (χ0n) is 21.8. The number of anilines is 1. The molecule has 1 aromatic heterocycles. The zero-order chi connectivity index (χ0) is 26.5. The van der Waals surface area contributed by atoms with Gasteiger partial charge in [-0.05, 0) is 43.9 Å². The second-order valence-electron chi connectivity index (χ2n) is 9.48. The number of hydrogen-bond donors (Lipinski definition) is 0. The van der Waals surface area contributed by atoms with Crippen LogP contribution in [0.3, 0.4) is 0 Å². The van der Waals surface area contributed by atoms with Gasteiger partial charge in [-0.15, -0.1) is 0 Å². The predicted octanol–water partition coefficient (Wildman–Crippen LogP) is 3.39. The molecule has 1 aliphatic heterocycles. The maximum absolute atomic E-state index is 12.8. The molecule has 1 unspecified atom stereocenters. The quantitative estimate of drug-likeness (QED) is 0.254. The van der Waals surface area contributed by atoms with E-state index in [4.69, 9.17) is 21.1 Å².